The molecule has 0 bridgehead atoms. The molecule has 1 aromatic rings. The van der Waals surface area contributed by atoms with E-state index in [4.69, 9.17) is 14.2 Å². The van der Waals surface area contributed by atoms with Gasteiger partial charge in [0.05, 0.1) is 21.3 Å². The van der Waals surface area contributed by atoms with Crippen molar-refractivity contribution in [2.24, 2.45) is 5.41 Å². The second-order valence-corrected chi connectivity index (χ2v) is 7.00. The van der Waals surface area contributed by atoms with Crippen molar-refractivity contribution in [2.45, 2.75) is 26.8 Å². The molecule has 0 spiro atoms. The number of rotatable bonds is 5. The van der Waals surface area contributed by atoms with Crippen LogP contribution in [0, 0.1) is 5.41 Å². The SMILES string of the molecule is COc1cc(OC)c([C@@H](N2CCNCC2)C(C)(C)C)cc1OC. The predicted octanol–water partition coefficient (Wildman–Crippen LogP) is 2.70. The number of piperazine rings is 1. The Bertz CT molecular complexity index is 520. The van der Waals surface area contributed by atoms with Crippen molar-refractivity contribution in [3.05, 3.63) is 17.7 Å². The molecule has 1 aliphatic heterocycles. The molecule has 1 fully saturated rings. The van der Waals surface area contributed by atoms with Gasteiger partial charge in [-0.1, -0.05) is 20.8 Å². The second-order valence-electron chi connectivity index (χ2n) is 7.00. The van der Waals surface area contributed by atoms with Gasteiger partial charge >= 0.3 is 0 Å². The molecule has 1 aromatic carbocycles. The maximum absolute atomic E-state index is 5.68. The Hall–Kier alpha value is -1.46. The first kappa shape index (κ1) is 17.9. The van der Waals surface area contributed by atoms with Crippen LogP contribution in [0.15, 0.2) is 12.1 Å². The van der Waals surface area contributed by atoms with Gasteiger partial charge in [-0.25, -0.2) is 0 Å². The van der Waals surface area contributed by atoms with E-state index in [2.05, 4.69) is 37.1 Å². The lowest BCUT2D eigenvalue weighted by atomic mass is 9.80. The van der Waals surface area contributed by atoms with Gasteiger partial charge in [0.1, 0.15) is 5.75 Å². The summed E-state index contributed by atoms with van der Waals surface area (Å²) in [5.41, 5.74) is 1.23. The number of nitrogens with one attached hydrogen (secondary N) is 1. The Morgan fingerprint density at radius 1 is 0.913 bits per heavy atom. The van der Waals surface area contributed by atoms with E-state index in [9.17, 15) is 0 Å². The van der Waals surface area contributed by atoms with Crippen LogP contribution >= 0.6 is 0 Å². The van der Waals surface area contributed by atoms with Crippen LogP contribution in [0.2, 0.25) is 0 Å². The minimum Gasteiger partial charge on any atom is -0.496 e. The van der Waals surface area contributed by atoms with Gasteiger partial charge in [-0.05, 0) is 11.5 Å². The fourth-order valence-corrected chi connectivity index (χ4v) is 3.42. The van der Waals surface area contributed by atoms with Gasteiger partial charge in [0.25, 0.3) is 0 Å². The first-order chi connectivity index (χ1) is 10.9. The van der Waals surface area contributed by atoms with E-state index in [0.717, 1.165) is 43.2 Å². The lowest BCUT2D eigenvalue weighted by molar-refractivity contribution is 0.0839. The zero-order valence-electron chi connectivity index (χ0n) is 15.2. The van der Waals surface area contributed by atoms with E-state index in [0.29, 0.717) is 5.75 Å². The summed E-state index contributed by atoms with van der Waals surface area (Å²) >= 11 is 0. The minimum absolute atomic E-state index is 0.0736. The summed E-state index contributed by atoms with van der Waals surface area (Å²) in [6, 6.07) is 4.24. The van der Waals surface area contributed by atoms with Gasteiger partial charge in [-0.15, -0.1) is 0 Å². The Morgan fingerprint density at radius 3 is 1.91 bits per heavy atom. The molecule has 1 N–H and O–H groups in total. The third-order valence-corrected chi connectivity index (χ3v) is 4.37. The number of ether oxygens (including phenoxy) is 3. The number of hydrogen-bond acceptors (Lipinski definition) is 5. The average Bonchev–Trinajstić information content (AvgIpc) is 2.54. The maximum Gasteiger partial charge on any atom is 0.164 e. The predicted molar refractivity (Wildman–Crippen MR) is 92.7 cm³/mol. The molecular weight excluding hydrogens is 292 g/mol. The zero-order chi connectivity index (χ0) is 17.0. The highest BCUT2D eigenvalue weighted by atomic mass is 16.5. The molecule has 23 heavy (non-hydrogen) atoms. The zero-order valence-corrected chi connectivity index (χ0v) is 15.2. The van der Waals surface area contributed by atoms with Crippen LogP contribution < -0.4 is 19.5 Å². The highest BCUT2D eigenvalue weighted by molar-refractivity contribution is 5.52. The van der Waals surface area contributed by atoms with Gasteiger partial charge in [-0.3, -0.25) is 4.90 Å². The van der Waals surface area contributed by atoms with Crippen molar-refractivity contribution >= 4 is 0 Å². The Labute approximate surface area is 139 Å². The standard InChI is InChI=1S/C18H30N2O3/c1-18(2,3)17(20-9-7-19-8-10-20)13-11-15(22-5)16(23-6)12-14(13)21-4/h11-12,17,19H,7-10H2,1-6H3/t17-/m1/s1. The van der Waals surface area contributed by atoms with Crippen molar-refractivity contribution < 1.29 is 14.2 Å². The van der Waals surface area contributed by atoms with E-state index >= 15 is 0 Å². The van der Waals surface area contributed by atoms with Gasteiger partial charge < -0.3 is 19.5 Å². The Kier molecular flexibility index (Phi) is 5.76. The molecule has 1 atom stereocenters. The van der Waals surface area contributed by atoms with Gasteiger partial charge in [0.15, 0.2) is 11.5 Å². The number of benzene rings is 1. The molecule has 0 amide bonds. The monoisotopic (exact) mass is 322 g/mol. The topological polar surface area (TPSA) is 43.0 Å². The van der Waals surface area contributed by atoms with Crippen LogP contribution in [-0.4, -0.2) is 52.4 Å². The van der Waals surface area contributed by atoms with E-state index in [-0.39, 0.29) is 11.5 Å². The van der Waals surface area contributed by atoms with Crippen molar-refractivity contribution in [3.63, 3.8) is 0 Å². The summed E-state index contributed by atoms with van der Waals surface area (Å²) in [5, 5.41) is 3.42. The molecule has 5 nitrogen and oxygen atoms in total. The molecule has 0 aromatic heterocycles. The average molecular weight is 322 g/mol. The summed E-state index contributed by atoms with van der Waals surface area (Å²) in [6.07, 6.45) is 0. The molecule has 0 aliphatic carbocycles. The summed E-state index contributed by atoms with van der Waals surface area (Å²) in [5.74, 6) is 2.29. The van der Waals surface area contributed by atoms with E-state index in [1.165, 1.54) is 0 Å². The smallest absolute Gasteiger partial charge is 0.164 e. The second kappa shape index (κ2) is 7.41. The van der Waals surface area contributed by atoms with Crippen LogP contribution in [0.3, 0.4) is 0 Å². The highest BCUT2D eigenvalue weighted by Crippen LogP contribution is 2.45. The van der Waals surface area contributed by atoms with E-state index in [1.807, 2.05) is 6.07 Å². The van der Waals surface area contributed by atoms with Gasteiger partial charge in [0, 0.05) is 43.9 Å². The fourth-order valence-electron chi connectivity index (χ4n) is 3.42. The number of hydrogen-bond donors (Lipinski definition) is 1. The van der Waals surface area contributed by atoms with Crippen LogP contribution in [0.1, 0.15) is 32.4 Å². The lowest BCUT2D eigenvalue weighted by Gasteiger charge is -2.43. The summed E-state index contributed by atoms with van der Waals surface area (Å²) in [4.78, 5) is 2.53. The van der Waals surface area contributed by atoms with Crippen molar-refractivity contribution in [1.29, 1.82) is 0 Å². The van der Waals surface area contributed by atoms with Crippen LogP contribution in [0.4, 0.5) is 0 Å². The molecule has 130 valence electrons. The van der Waals surface area contributed by atoms with Crippen LogP contribution in [0.25, 0.3) is 0 Å². The molecule has 1 aliphatic rings. The summed E-state index contributed by atoms with van der Waals surface area (Å²) < 4.78 is 16.6. The molecule has 1 saturated heterocycles. The Morgan fingerprint density at radius 2 is 1.43 bits per heavy atom. The number of methoxy groups -OCH3 is 3. The van der Waals surface area contributed by atoms with E-state index < -0.39 is 0 Å². The third kappa shape index (κ3) is 3.90. The highest BCUT2D eigenvalue weighted by Gasteiger charge is 2.35. The minimum atomic E-state index is 0.0736. The maximum atomic E-state index is 5.68. The van der Waals surface area contributed by atoms with Crippen molar-refractivity contribution in [3.8, 4) is 17.2 Å². The van der Waals surface area contributed by atoms with Gasteiger partial charge in [-0.2, -0.15) is 0 Å². The molecule has 2 rings (SSSR count). The normalized spacial score (nSPS) is 17.7. The molecule has 5 heteroatoms. The van der Waals surface area contributed by atoms with Crippen LogP contribution in [0.5, 0.6) is 17.2 Å². The van der Waals surface area contributed by atoms with Gasteiger partial charge in [0.2, 0.25) is 0 Å². The molecule has 1 heterocycles. The summed E-state index contributed by atoms with van der Waals surface area (Å²) in [6.45, 7) is 10.9. The Balaban J connectivity index is 2.52. The first-order valence-electron chi connectivity index (χ1n) is 8.17. The fraction of sp³-hybridized carbons (Fsp3) is 0.667. The molecule has 0 saturated carbocycles. The van der Waals surface area contributed by atoms with Crippen LogP contribution in [-0.2, 0) is 0 Å². The first-order valence-corrected chi connectivity index (χ1v) is 8.17. The van der Waals surface area contributed by atoms with E-state index in [1.54, 1.807) is 21.3 Å². The lowest BCUT2D eigenvalue weighted by Crippen LogP contribution is -2.48. The van der Waals surface area contributed by atoms with Crippen molar-refractivity contribution in [2.75, 3.05) is 47.5 Å². The number of nitrogens with zero attached hydrogens (tertiary/aromatic N) is 1. The largest absolute Gasteiger partial charge is 0.496 e. The molecular formula is C18H30N2O3. The molecule has 0 radical (unpaired) electrons. The molecule has 0 unspecified atom stereocenters. The summed E-state index contributed by atoms with van der Waals surface area (Å²) in [7, 11) is 5.03. The quantitative estimate of drug-likeness (QED) is 0.903. The third-order valence-electron chi connectivity index (χ3n) is 4.37. The van der Waals surface area contributed by atoms with Crippen molar-refractivity contribution in [1.82, 2.24) is 10.2 Å².